The first-order valence-corrected chi connectivity index (χ1v) is 8.74. The Balaban J connectivity index is 2.11. The highest BCUT2D eigenvalue weighted by molar-refractivity contribution is 5.82. The van der Waals surface area contributed by atoms with Crippen molar-refractivity contribution in [3.05, 3.63) is 29.3 Å². The van der Waals surface area contributed by atoms with Gasteiger partial charge in [-0.15, -0.1) is 0 Å². The number of carbonyl (C=O) groups is 1. The van der Waals surface area contributed by atoms with Crippen molar-refractivity contribution >= 4 is 11.9 Å². The summed E-state index contributed by atoms with van der Waals surface area (Å²) >= 11 is 0. The lowest BCUT2D eigenvalue weighted by Gasteiger charge is -2.21. The second-order valence-electron chi connectivity index (χ2n) is 6.49. The third-order valence-corrected chi connectivity index (χ3v) is 4.62. The highest BCUT2D eigenvalue weighted by Crippen LogP contribution is 2.24. The molecule has 0 spiro atoms. The van der Waals surface area contributed by atoms with E-state index in [9.17, 15) is 4.79 Å². The fourth-order valence-electron chi connectivity index (χ4n) is 3.23. The van der Waals surface area contributed by atoms with E-state index in [1.54, 1.807) is 7.11 Å². The molecule has 1 aromatic rings. The van der Waals surface area contributed by atoms with Gasteiger partial charge in [0.25, 0.3) is 0 Å². The summed E-state index contributed by atoms with van der Waals surface area (Å²) in [4.78, 5) is 18.8. The van der Waals surface area contributed by atoms with E-state index in [1.807, 2.05) is 26.0 Å². The smallest absolute Gasteiger partial charge is 0.310 e. The number of aryl methyl sites for hydroxylation is 1. The third-order valence-electron chi connectivity index (χ3n) is 4.62. The summed E-state index contributed by atoms with van der Waals surface area (Å²) in [5.74, 6) is 1.73. The SMILES string of the molecule is CCNC(=NCc1ccc(OC)c(C)c1)N1CC(C)C(C(=O)OC)C1. The molecule has 138 valence electrons. The van der Waals surface area contributed by atoms with E-state index in [0.29, 0.717) is 13.1 Å². The zero-order valence-corrected chi connectivity index (χ0v) is 15.8. The summed E-state index contributed by atoms with van der Waals surface area (Å²) in [6.07, 6.45) is 0. The third kappa shape index (κ3) is 4.65. The maximum atomic E-state index is 11.9. The van der Waals surface area contributed by atoms with E-state index in [2.05, 4.69) is 23.2 Å². The van der Waals surface area contributed by atoms with E-state index >= 15 is 0 Å². The van der Waals surface area contributed by atoms with Gasteiger partial charge >= 0.3 is 5.97 Å². The van der Waals surface area contributed by atoms with Crippen molar-refractivity contribution in [2.45, 2.75) is 27.3 Å². The first kappa shape index (κ1) is 19.1. The fourth-order valence-corrected chi connectivity index (χ4v) is 3.23. The maximum absolute atomic E-state index is 11.9. The number of carbonyl (C=O) groups excluding carboxylic acids is 1. The number of benzene rings is 1. The average molecular weight is 347 g/mol. The lowest BCUT2D eigenvalue weighted by Crippen LogP contribution is -2.40. The minimum Gasteiger partial charge on any atom is -0.496 e. The summed E-state index contributed by atoms with van der Waals surface area (Å²) in [5, 5.41) is 3.33. The summed E-state index contributed by atoms with van der Waals surface area (Å²) in [6, 6.07) is 6.09. The number of guanidine groups is 1. The summed E-state index contributed by atoms with van der Waals surface area (Å²) in [5.41, 5.74) is 2.23. The van der Waals surface area contributed by atoms with Crippen LogP contribution in [0.3, 0.4) is 0 Å². The van der Waals surface area contributed by atoms with Gasteiger partial charge in [0, 0.05) is 19.6 Å². The van der Waals surface area contributed by atoms with Gasteiger partial charge in [0.1, 0.15) is 5.75 Å². The molecule has 1 fully saturated rings. The van der Waals surface area contributed by atoms with Gasteiger partial charge in [-0.3, -0.25) is 4.79 Å². The van der Waals surface area contributed by atoms with Crippen LogP contribution in [-0.4, -0.2) is 50.7 Å². The van der Waals surface area contributed by atoms with Gasteiger partial charge in [0.2, 0.25) is 0 Å². The second-order valence-corrected chi connectivity index (χ2v) is 6.49. The van der Waals surface area contributed by atoms with E-state index < -0.39 is 0 Å². The van der Waals surface area contributed by atoms with E-state index in [-0.39, 0.29) is 17.8 Å². The van der Waals surface area contributed by atoms with Gasteiger partial charge in [0.05, 0.1) is 26.7 Å². The van der Waals surface area contributed by atoms with E-state index in [4.69, 9.17) is 14.5 Å². The highest BCUT2D eigenvalue weighted by Gasteiger charge is 2.36. The van der Waals surface area contributed by atoms with Crippen LogP contribution < -0.4 is 10.1 Å². The minimum atomic E-state index is -0.142. The topological polar surface area (TPSA) is 63.2 Å². The van der Waals surface area contributed by atoms with Crippen molar-refractivity contribution in [1.29, 1.82) is 0 Å². The van der Waals surface area contributed by atoms with Crippen LogP contribution in [0, 0.1) is 18.8 Å². The number of esters is 1. The predicted molar refractivity (Wildman–Crippen MR) is 98.8 cm³/mol. The van der Waals surface area contributed by atoms with Crippen LogP contribution in [0.4, 0.5) is 0 Å². The first-order chi connectivity index (χ1) is 12.0. The van der Waals surface area contributed by atoms with Crippen LogP contribution in [0.25, 0.3) is 0 Å². The molecule has 0 aromatic heterocycles. The molecule has 2 unspecified atom stereocenters. The molecule has 1 aromatic carbocycles. The second kappa shape index (κ2) is 8.74. The zero-order chi connectivity index (χ0) is 18.4. The fraction of sp³-hybridized carbons (Fsp3) is 0.579. The molecule has 0 saturated carbocycles. The maximum Gasteiger partial charge on any atom is 0.310 e. The normalized spacial score (nSPS) is 20.5. The van der Waals surface area contributed by atoms with Crippen molar-refractivity contribution in [1.82, 2.24) is 10.2 Å². The van der Waals surface area contributed by atoms with Crippen LogP contribution in [0.15, 0.2) is 23.2 Å². The molecule has 2 rings (SSSR count). The zero-order valence-electron chi connectivity index (χ0n) is 15.8. The van der Waals surface area contributed by atoms with Crippen LogP contribution in [-0.2, 0) is 16.1 Å². The first-order valence-electron chi connectivity index (χ1n) is 8.74. The number of likely N-dealkylation sites (tertiary alicyclic amines) is 1. The van der Waals surface area contributed by atoms with Gasteiger partial charge in [-0.1, -0.05) is 19.1 Å². The molecule has 0 aliphatic carbocycles. The lowest BCUT2D eigenvalue weighted by atomic mass is 9.99. The van der Waals surface area contributed by atoms with Gasteiger partial charge in [-0.2, -0.15) is 0 Å². The molecule has 25 heavy (non-hydrogen) atoms. The molecule has 1 heterocycles. The van der Waals surface area contributed by atoms with Crippen LogP contribution in [0.5, 0.6) is 5.75 Å². The standard InChI is InChI=1S/C19H29N3O3/c1-6-20-19(22-11-14(3)16(12-22)18(23)25-5)21-10-15-7-8-17(24-4)13(2)9-15/h7-9,14,16H,6,10-12H2,1-5H3,(H,20,21). The molecule has 2 atom stereocenters. The molecule has 0 amide bonds. The van der Waals surface area contributed by atoms with Crippen molar-refractivity contribution < 1.29 is 14.3 Å². The Morgan fingerprint density at radius 3 is 2.72 bits per heavy atom. The Morgan fingerprint density at radius 1 is 1.36 bits per heavy atom. The number of ether oxygens (including phenoxy) is 2. The number of aliphatic imine (C=N–C) groups is 1. The summed E-state index contributed by atoms with van der Waals surface area (Å²) < 4.78 is 10.2. The Morgan fingerprint density at radius 2 is 2.12 bits per heavy atom. The van der Waals surface area contributed by atoms with E-state index in [0.717, 1.165) is 35.9 Å². The van der Waals surface area contributed by atoms with Crippen LogP contribution >= 0.6 is 0 Å². The molecule has 0 bridgehead atoms. The number of nitrogens with one attached hydrogen (secondary N) is 1. The summed E-state index contributed by atoms with van der Waals surface area (Å²) in [7, 11) is 3.12. The Kier molecular flexibility index (Phi) is 6.67. The Hall–Kier alpha value is -2.24. The molecule has 1 aliphatic rings. The number of rotatable bonds is 5. The van der Waals surface area contributed by atoms with Crippen molar-refractivity contribution in [2.75, 3.05) is 33.9 Å². The number of hydrogen-bond donors (Lipinski definition) is 1. The number of methoxy groups -OCH3 is 2. The van der Waals surface area contributed by atoms with Crippen molar-refractivity contribution in [3.63, 3.8) is 0 Å². The quantitative estimate of drug-likeness (QED) is 0.503. The Labute approximate surface area is 150 Å². The lowest BCUT2D eigenvalue weighted by molar-refractivity contribution is -0.145. The van der Waals surface area contributed by atoms with Gasteiger partial charge < -0.3 is 19.7 Å². The van der Waals surface area contributed by atoms with Crippen LogP contribution in [0.1, 0.15) is 25.0 Å². The average Bonchev–Trinajstić information content (AvgIpc) is 2.99. The van der Waals surface area contributed by atoms with Crippen LogP contribution in [0.2, 0.25) is 0 Å². The van der Waals surface area contributed by atoms with E-state index in [1.165, 1.54) is 7.11 Å². The molecular formula is C19H29N3O3. The monoisotopic (exact) mass is 347 g/mol. The van der Waals surface area contributed by atoms with Crippen molar-refractivity contribution in [2.24, 2.45) is 16.8 Å². The molecule has 1 saturated heterocycles. The molecule has 6 nitrogen and oxygen atoms in total. The van der Waals surface area contributed by atoms with Gasteiger partial charge in [-0.05, 0) is 37.0 Å². The predicted octanol–water partition coefficient (Wildman–Crippen LogP) is 2.21. The van der Waals surface area contributed by atoms with Gasteiger partial charge in [0.15, 0.2) is 5.96 Å². The van der Waals surface area contributed by atoms with Gasteiger partial charge in [-0.25, -0.2) is 4.99 Å². The molecule has 6 heteroatoms. The molecule has 0 radical (unpaired) electrons. The molecular weight excluding hydrogens is 318 g/mol. The number of hydrogen-bond acceptors (Lipinski definition) is 4. The Bertz CT molecular complexity index is 630. The largest absolute Gasteiger partial charge is 0.496 e. The highest BCUT2D eigenvalue weighted by atomic mass is 16.5. The minimum absolute atomic E-state index is 0.0999. The van der Waals surface area contributed by atoms with Crippen molar-refractivity contribution in [3.8, 4) is 5.75 Å². The molecule has 1 N–H and O–H groups in total. The summed E-state index contributed by atoms with van der Waals surface area (Å²) in [6.45, 7) is 8.96. The number of nitrogens with zero attached hydrogens (tertiary/aromatic N) is 2. The molecule has 1 aliphatic heterocycles.